The molecule has 1 aliphatic rings. The summed E-state index contributed by atoms with van der Waals surface area (Å²) >= 11 is 1.50. The first kappa shape index (κ1) is 19.6. The predicted octanol–water partition coefficient (Wildman–Crippen LogP) is 4.17. The number of benzene rings is 2. The first-order chi connectivity index (χ1) is 14.2. The lowest BCUT2D eigenvalue weighted by atomic mass is 10.0. The van der Waals surface area contributed by atoms with Crippen LogP contribution >= 0.6 is 11.8 Å². The highest BCUT2D eigenvalue weighted by molar-refractivity contribution is 7.99. The van der Waals surface area contributed by atoms with E-state index < -0.39 is 0 Å². The van der Waals surface area contributed by atoms with Gasteiger partial charge in [-0.2, -0.15) is 0 Å². The van der Waals surface area contributed by atoms with Gasteiger partial charge in [-0.1, -0.05) is 42.1 Å². The van der Waals surface area contributed by atoms with E-state index in [0.29, 0.717) is 12.3 Å². The van der Waals surface area contributed by atoms with Gasteiger partial charge in [-0.3, -0.25) is 9.36 Å². The van der Waals surface area contributed by atoms with Gasteiger partial charge >= 0.3 is 0 Å². The van der Waals surface area contributed by atoms with Gasteiger partial charge in [0.2, 0.25) is 5.91 Å². The summed E-state index contributed by atoms with van der Waals surface area (Å²) in [5, 5.41) is 3.89. The van der Waals surface area contributed by atoms with Crippen LogP contribution in [0, 0.1) is 0 Å². The normalized spacial score (nSPS) is 13.0. The van der Waals surface area contributed by atoms with Crippen molar-refractivity contribution in [1.82, 2.24) is 14.9 Å². The molecule has 0 fully saturated rings. The van der Waals surface area contributed by atoms with Crippen molar-refractivity contribution in [3.8, 4) is 11.4 Å². The molecule has 1 aromatic heterocycles. The lowest BCUT2D eigenvalue weighted by molar-refractivity contribution is -0.118. The minimum absolute atomic E-state index is 0.00148. The van der Waals surface area contributed by atoms with Crippen molar-refractivity contribution in [3.05, 3.63) is 71.5 Å². The molecule has 0 radical (unpaired) electrons. The van der Waals surface area contributed by atoms with Crippen molar-refractivity contribution in [3.63, 3.8) is 0 Å². The molecule has 150 valence electrons. The number of fused-ring (bicyclic) bond motifs is 1. The molecule has 0 bridgehead atoms. The van der Waals surface area contributed by atoms with E-state index in [4.69, 9.17) is 9.72 Å². The van der Waals surface area contributed by atoms with E-state index in [0.717, 1.165) is 35.0 Å². The molecule has 4 rings (SSSR count). The van der Waals surface area contributed by atoms with Crippen LogP contribution < -0.4 is 10.1 Å². The zero-order valence-corrected chi connectivity index (χ0v) is 17.4. The van der Waals surface area contributed by atoms with E-state index in [1.54, 1.807) is 7.11 Å². The third kappa shape index (κ3) is 4.65. The maximum absolute atomic E-state index is 12.4. The molecule has 0 spiro atoms. The average Bonchev–Trinajstić information content (AvgIpc) is 3.15. The molecular formula is C23H25N3O2S. The third-order valence-electron chi connectivity index (χ3n) is 5.07. The second-order valence-electron chi connectivity index (χ2n) is 7.08. The van der Waals surface area contributed by atoms with E-state index in [9.17, 15) is 4.79 Å². The SMILES string of the molecule is COc1cccc(CNC(=O)CSc2nc3c(n2-c2ccccc2)CCCC3)c1. The Morgan fingerprint density at radius 1 is 1.14 bits per heavy atom. The van der Waals surface area contributed by atoms with Gasteiger partial charge in [0.25, 0.3) is 0 Å². The fraction of sp³-hybridized carbons (Fsp3) is 0.304. The van der Waals surface area contributed by atoms with Gasteiger partial charge in [0, 0.05) is 17.9 Å². The number of rotatable bonds is 7. The standard InChI is InChI=1S/C23H25N3O2S/c1-28-19-11-7-8-17(14-19)15-24-22(27)16-29-23-25-20-12-5-6-13-21(20)26(23)18-9-3-2-4-10-18/h2-4,7-11,14H,5-6,12-13,15-16H2,1H3,(H,24,27). The largest absolute Gasteiger partial charge is 0.497 e. The maximum Gasteiger partial charge on any atom is 0.230 e. The summed E-state index contributed by atoms with van der Waals surface area (Å²) in [5.41, 5.74) is 4.60. The number of aromatic nitrogens is 2. The number of ether oxygens (including phenoxy) is 1. The third-order valence-corrected chi connectivity index (χ3v) is 6.01. The van der Waals surface area contributed by atoms with E-state index in [-0.39, 0.29) is 5.91 Å². The highest BCUT2D eigenvalue weighted by Crippen LogP contribution is 2.30. The first-order valence-corrected chi connectivity index (χ1v) is 10.9. The van der Waals surface area contributed by atoms with Crippen LogP contribution in [0.2, 0.25) is 0 Å². The number of thioether (sulfide) groups is 1. The molecule has 3 aromatic rings. The first-order valence-electron chi connectivity index (χ1n) is 9.93. The van der Waals surface area contributed by atoms with E-state index in [1.165, 1.54) is 36.0 Å². The molecule has 0 unspecified atom stereocenters. The fourth-order valence-corrected chi connectivity index (χ4v) is 4.50. The van der Waals surface area contributed by atoms with Gasteiger partial charge in [0.05, 0.1) is 18.6 Å². The van der Waals surface area contributed by atoms with Crippen LogP contribution in [0.3, 0.4) is 0 Å². The zero-order valence-electron chi connectivity index (χ0n) is 16.6. The number of hydrogen-bond acceptors (Lipinski definition) is 4. The van der Waals surface area contributed by atoms with Crippen molar-refractivity contribution >= 4 is 17.7 Å². The number of methoxy groups -OCH3 is 1. The second-order valence-corrected chi connectivity index (χ2v) is 8.03. The quantitative estimate of drug-likeness (QED) is 0.597. The van der Waals surface area contributed by atoms with Crippen molar-refractivity contribution in [2.24, 2.45) is 0 Å². The summed E-state index contributed by atoms with van der Waals surface area (Å²) in [6, 6.07) is 18.0. The highest BCUT2D eigenvalue weighted by Gasteiger charge is 2.21. The summed E-state index contributed by atoms with van der Waals surface area (Å²) in [6.07, 6.45) is 4.44. The molecule has 29 heavy (non-hydrogen) atoms. The van der Waals surface area contributed by atoms with Crippen LogP contribution in [0.15, 0.2) is 59.8 Å². The van der Waals surface area contributed by atoms with Gasteiger partial charge in [-0.15, -0.1) is 0 Å². The Bertz CT molecular complexity index is 985. The van der Waals surface area contributed by atoms with Crippen LogP contribution in [-0.4, -0.2) is 28.3 Å². The average molecular weight is 408 g/mol. The topological polar surface area (TPSA) is 56.1 Å². The van der Waals surface area contributed by atoms with Crippen molar-refractivity contribution in [1.29, 1.82) is 0 Å². The van der Waals surface area contributed by atoms with Gasteiger partial charge < -0.3 is 10.1 Å². The smallest absolute Gasteiger partial charge is 0.230 e. The molecule has 1 amide bonds. The van der Waals surface area contributed by atoms with E-state index in [1.807, 2.05) is 42.5 Å². The molecular weight excluding hydrogens is 382 g/mol. The van der Waals surface area contributed by atoms with E-state index in [2.05, 4.69) is 22.0 Å². The van der Waals surface area contributed by atoms with Crippen molar-refractivity contribution in [2.45, 2.75) is 37.4 Å². The van der Waals surface area contributed by atoms with Crippen LogP contribution in [0.5, 0.6) is 5.75 Å². The molecule has 0 saturated carbocycles. The minimum Gasteiger partial charge on any atom is -0.497 e. The molecule has 1 aliphatic carbocycles. The highest BCUT2D eigenvalue weighted by atomic mass is 32.2. The maximum atomic E-state index is 12.4. The Labute approximate surface area is 175 Å². The van der Waals surface area contributed by atoms with Gasteiger partial charge in [0.1, 0.15) is 5.75 Å². The summed E-state index contributed by atoms with van der Waals surface area (Å²) in [4.78, 5) is 17.3. The fourth-order valence-electron chi connectivity index (χ4n) is 3.62. The summed E-state index contributed by atoms with van der Waals surface area (Å²) in [7, 11) is 1.64. The molecule has 0 saturated heterocycles. The number of aryl methyl sites for hydroxylation is 1. The monoisotopic (exact) mass is 407 g/mol. The number of carbonyl (C=O) groups is 1. The Hall–Kier alpha value is -2.73. The predicted molar refractivity (Wildman–Crippen MR) is 116 cm³/mol. The number of para-hydroxylation sites is 1. The Morgan fingerprint density at radius 2 is 1.97 bits per heavy atom. The van der Waals surface area contributed by atoms with Crippen molar-refractivity contribution in [2.75, 3.05) is 12.9 Å². The Morgan fingerprint density at radius 3 is 2.79 bits per heavy atom. The molecule has 0 aliphatic heterocycles. The number of hydrogen-bond donors (Lipinski definition) is 1. The van der Waals surface area contributed by atoms with Crippen LogP contribution in [0.1, 0.15) is 29.8 Å². The zero-order chi connectivity index (χ0) is 20.1. The van der Waals surface area contributed by atoms with Gasteiger partial charge in [-0.05, 0) is 55.5 Å². The molecule has 0 atom stereocenters. The molecule has 6 heteroatoms. The summed E-state index contributed by atoms with van der Waals surface area (Å²) in [6.45, 7) is 0.486. The number of nitrogens with one attached hydrogen (secondary N) is 1. The van der Waals surface area contributed by atoms with Crippen molar-refractivity contribution < 1.29 is 9.53 Å². The molecule has 5 nitrogen and oxygen atoms in total. The summed E-state index contributed by atoms with van der Waals surface area (Å²) < 4.78 is 7.46. The van der Waals surface area contributed by atoms with E-state index >= 15 is 0 Å². The lowest BCUT2D eigenvalue weighted by Gasteiger charge is -2.15. The van der Waals surface area contributed by atoms with Gasteiger partial charge in [-0.25, -0.2) is 4.98 Å². The van der Waals surface area contributed by atoms with Crippen LogP contribution in [0.25, 0.3) is 5.69 Å². The molecule has 1 N–H and O–H groups in total. The van der Waals surface area contributed by atoms with Crippen LogP contribution in [0.4, 0.5) is 0 Å². The molecule has 2 aromatic carbocycles. The molecule has 1 heterocycles. The number of amides is 1. The second kappa shape index (κ2) is 9.18. The Balaban J connectivity index is 1.44. The number of imidazole rings is 1. The summed E-state index contributed by atoms with van der Waals surface area (Å²) in [5.74, 6) is 1.13. The number of carbonyl (C=O) groups excluding carboxylic acids is 1. The Kier molecular flexibility index (Phi) is 6.20. The van der Waals surface area contributed by atoms with Crippen LogP contribution in [-0.2, 0) is 24.2 Å². The number of nitrogens with zero attached hydrogens (tertiary/aromatic N) is 2. The minimum atomic E-state index is -0.00148. The van der Waals surface area contributed by atoms with Gasteiger partial charge in [0.15, 0.2) is 5.16 Å². The lowest BCUT2D eigenvalue weighted by Crippen LogP contribution is -2.24.